The van der Waals surface area contributed by atoms with Crippen LogP contribution < -0.4 is 14.4 Å². The molecular formula is C33H36ClN3O5. The van der Waals surface area contributed by atoms with Gasteiger partial charge in [0.2, 0.25) is 5.91 Å². The summed E-state index contributed by atoms with van der Waals surface area (Å²) >= 11 is 6.31. The van der Waals surface area contributed by atoms with Crippen LogP contribution in [0.2, 0.25) is 0 Å². The van der Waals surface area contributed by atoms with Crippen molar-refractivity contribution in [1.82, 2.24) is 4.90 Å². The summed E-state index contributed by atoms with van der Waals surface area (Å²) in [6.07, 6.45) is 6.43. The van der Waals surface area contributed by atoms with Gasteiger partial charge in [0.25, 0.3) is 5.91 Å². The Hall–Kier alpha value is -3.78. The van der Waals surface area contributed by atoms with Gasteiger partial charge in [-0.15, -0.1) is 11.6 Å². The van der Waals surface area contributed by atoms with Crippen molar-refractivity contribution in [1.29, 1.82) is 0 Å². The van der Waals surface area contributed by atoms with Gasteiger partial charge in [0, 0.05) is 55.0 Å². The average Bonchev–Trinajstić information content (AvgIpc) is 3.55. The molecule has 3 heterocycles. The molecule has 1 N–H and O–H groups in total. The Morgan fingerprint density at radius 2 is 1.95 bits per heavy atom. The Morgan fingerprint density at radius 1 is 1.14 bits per heavy atom. The average molecular weight is 590 g/mol. The Kier molecular flexibility index (Phi) is 7.75. The first-order valence-electron chi connectivity index (χ1n) is 14.7. The zero-order chi connectivity index (χ0) is 29.4. The first-order valence-corrected chi connectivity index (χ1v) is 15.2. The van der Waals surface area contributed by atoms with E-state index in [0.29, 0.717) is 54.6 Å². The van der Waals surface area contributed by atoms with Gasteiger partial charge in [0.15, 0.2) is 11.5 Å². The zero-order valence-corrected chi connectivity index (χ0v) is 24.8. The van der Waals surface area contributed by atoms with Gasteiger partial charge in [-0.3, -0.25) is 14.6 Å². The number of halogens is 1. The van der Waals surface area contributed by atoms with Crippen molar-refractivity contribution in [2.45, 2.75) is 56.9 Å². The normalized spacial score (nSPS) is 20.8. The number of nitrogens with zero attached hydrogens (tertiary/aromatic N) is 3. The molecule has 1 fully saturated rings. The van der Waals surface area contributed by atoms with Crippen molar-refractivity contribution in [3.63, 3.8) is 0 Å². The van der Waals surface area contributed by atoms with Crippen molar-refractivity contribution in [3.8, 4) is 17.2 Å². The summed E-state index contributed by atoms with van der Waals surface area (Å²) in [5, 5.41) is 12.3. The molecule has 2 atom stereocenters. The number of ether oxygens (including phenoxy) is 2. The predicted octanol–water partition coefficient (Wildman–Crippen LogP) is 6.57. The molecule has 3 aromatic carbocycles. The highest BCUT2D eigenvalue weighted by Gasteiger charge is 2.41. The number of benzene rings is 3. The van der Waals surface area contributed by atoms with E-state index in [1.807, 2.05) is 35.4 Å². The molecule has 0 unspecified atom stereocenters. The molecule has 2 amide bonds. The van der Waals surface area contributed by atoms with E-state index in [0.717, 1.165) is 54.3 Å². The standard InChI is InChI=1S/C33H36ClN3O5/c1-33-12-8-13-37(33)32(40)24-15-28(41-2)29(16-25(24)35-20-33)42-14-7-3-4-11-30(39)36-19-21(18-34)31-23-10-6-5-9-22(23)27(38)17-26(31)36/h5-6,9-10,15-17,20-21,38H,3-4,7-8,11-14,18-19H2,1-2H3/t21-,33+/m1/s1. The number of carbonyl (C=O) groups is 2. The molecule has 42 heavy (non-hydrogen) atoms. The number of unbranched alkanes of at least 4 members (excludes halogenated alkanes) is 2. The first kappa shape index (κ1) is 28.3. The molecule has 8 nitrogen and oxygen atoms in total. The summed E-state index contributed by atoms with van der Waals surface area (Å²) in [5.41, 5.74) is 2.56. The molecule has 6 rings (SSSR count). The largest absolute Gasteiger partial charge is 0.507 e. The molecule has 220 valence electrons. The van der Waals surface area contributed by atoms with Gasteiger partial charge in [-0.05, 0) is 56.0 Å². The molecule has 0 aromatic heterocycles. The Bertz CT molecular complexity index is 1570. The molecule has 3 aliphatic rings. The monoisotopic (exact) mass is 589 g/mol. The minimum atomic E-state index is -0.363. The summed E-state index contributed by atoms with van der Waals surface area (Å²) in [4.78, 5) is 34.8. The zero-order valence-electron chi connectivity index (χ0n) is 24.1. The maximum Gasteiger partial charge on any atom is 0.256 e. The second-order valence-electron chi connectivity index (χ2n) is 11.6. The van der Waals surface area contributed by atoms with Crippen LogP contribution in [0.1, 0.15) is 67.3 Å². The number of methoxy groups -OCH3 is 1. The summed E-state index contributed by atoms with van der Waals surface area (Å²) in [7, 11) is 1.57. The van der Waals surface area contributed by atoms with Crippen LogP contribution in [-0.4, -0.2) is 66.3 Å². The van der Waals surface area contributed by atoms with E-state index in [1.165, 1.54) is 0 Å². The number of aliphatic imine (C=N–C) groups is 1. The van der Waals surface area contributed by atoms with Crippen molar-refractivity contribution in [3.05, 3.63) is 53.6 Å². The molecule has 0 saturated carbocycles. The third-order valence-corrected chi connectivity index (χ3v) is 9.22. The van der Waals surface area contributed by atoms with Gasteiger partial charge in [0.05, 0.1) is 36.2 Å². The fourth-order valence-electron chi connectivity index (χ4n) is 6.57. The summed E-state index contributed by atoms with van der Waals surface area (Å²) in [6.45, 7) is 3.75. The van der Waals surface area contributed by atoms with Gasteiger partial charge in [-0.1, -0.05) is 24.3 Å². The lowest BCUT2D eigenvalue weighted by Gasteiger charge is -2.30. The fraction of sp³-hybridized carbons (Fsp3) is 0.424. The van der Waals surface area contributed by atoms with Gasteiger partial charge >= 0.3 is 0 Å². The molecule has 0 aliphatic carbocycles. The molecular weight excluding hydrogens is 554 g/mol. The van der Waals surface area contributed by atoms with Crippen LogP contribution in [0.3, 0.4) is 0 Å². The molecule has 0 radical (unpaired) electrons. The first-order chi connectivity index (χ1) is 20.3. The van der Waals surface area contributed by atoms with Crippen molar-refractivity contribution in [2.75, 3.05) is 37.6 Å². The number of hydrogen-bond acceptors (Lipinski definition) is 6. The number of alkyl halides is 1. The molecule has 1 saturated heterocycles. The van der Waals surface area contributed by atoms with Gasteiger partial charge in [-0.25, -0.2) is 0 Å². The smallest absolute Gasteiger partial charge is 0.256 e. The summed E-state index contributed by atoms with van der Waals surface area (Å²) < 4.78 is 11.6. The van der Waals surface area contributed by atoms with E-state index >= 15 is 0 Å². The lowest BCUT2D eigenvalue weighted by atomic mass is 9.95. The Balaban J connectivity index is 1.05. The quantitative estimate of drug-likeness (QED) is 0.225. The third-order valence-electron chi connectivity index (χ3n) is 8.84. The number of carbonyl (C=O) groups excluding carboxylic acids is 2. The lowest BCUT2D eigenvalue weighted by molar-refractivity contribution is -0.118. The molecule has 0 spiro atoms. The number of fused-ring (bicyclic) bond motifs is 5. The number of phenols is 1. The van der Waals surface area contributed by atoms with Crippen molar-refractivity contribution >= 4 is 51.8 Å². The highest BCUT2D eigenvalue weighted by molar-refractivity contribution is 6.19. The highest BCUT2D eigenvalue weighted by Crippen LogP contribution is 2.45. The maximum absolute atomic E-state index is 13.3. The van der Waals surface area contributed by atoms with Crippen LogP contribution >= 0.6 is 11.6 Å². The molecule has 0 bridgehead atoms. The van der Waals surface area contributed by atoms with E-state index in [2.05, 4.69) is 11.9 Å². The SMILES string of the molecule is COc1cc2c(cc1OCCCCCC(=O)N1C[C@@H](CCl)c3c1cc(O)c1ccccc31)N=C[C@]1(C)CCCN1C2=O. The van der Waals surface area contributed by atoms with Crippen molar-refractivity contribution < 1.29 is 24.2 Å². The van der Waals surface area contributed by atoms with E-state index in [1.54, 1.807) is 30.2 Å². The number of aromatic hydroxyl groups is 1. The van der Waals surface area contributed by atoms with Crippen LogP contribution in [-0.2, 0) is 4.79 Å². The van der Waals surface area contributed by atoms with Crippen LogP contribution in [0.5, 0.6) is 17.2 Å². The summed E-state index contributed by atoms with van der Waals surface area (Å²) in [5.74, 6) is 1.67. The topological polar surface area (TPSA) is 91.7 Å². The number of phenolic OH excluding ortho intramolecular Hbond substituents is 1. The number of rotatable bonds is 9. The Morgan fingerprint density at radius 3 is 2.74 bits per heavy atom. The number of amides is 2. The second-order valence-corrected chi connectivity index (χ2v) is 11.9. The molecule has 3 aliphatic heterocycles. The van der Waals surface area contributed by atoms with Crippen LogP contribution in [0.25, 0.3) is 10.8 Å². The van der Waals surface area contributed by atoms with E-state index in [4.69, 9.17) is 21.1 Å². The minimum Gasteiger partial charge on any atom is -0.507 e. The third kappa shape index (κ3) is 4.96. The van der Waals surface area contributed by atoms with Crippen LogP contribution in [0.15, 0.2) is 47.5 Å². The van der Waals surface area contributed by atoms with E-state index in [-0.39, 0.29) is 29.0 Å². The fourth-order valence-corrected chi connectivity index (χ4v) is 6.82. The van der Waals surface area contributed by atoms with Crippen LogP contribution in [0, 0.1) is 0 Å². The lowest BCUT2D eigenvalue weighted by Crippen LogP contribution is -2.45. The number of anilines is 1. The number of hydrogen-bond donors (Lipinski definition) is 1. The Labute approximate surface area is 250 Å². The predicted molar refractivity (Wildman–Crippen MR) is 165 cm³/mol. The second kappa shape index (κ2) is 11.5. The van der Waals surface area contributed by atoms with E-state index < -0.39 is 0 Å². The molecule has 9 heteroatoms. The van der Waals surface area contributed by atoms with Crippen molar-refractivity contribution in [2.24, 2.45) is 4.99 Å². The van der Waals surface area contributed by atoms with Gasteiger partial charge in [0.1, 0.15) is 5.75 Å². The highest BCUT2D eigenvalue weighted by atomic mass is 35.5. The maximum atomic E-state index is 13.3. The van der Waals surface area contributed by atoms with Crippen LogP contribution in [0.4, 0.5) is 11.4 Å². The van der Waals surface area contributed by atoms with Gasteiger partial charge in [-0.2, -0.15) is 0 Å². The minimum absolute atomic E-state index is 0.0275. The van der Waals surface area contributed by atoms with Gasteiger partial charge < -0.3 is 24.4 Å². The molecule has 3 aromatic rings. The van der Waals surface area contributed by atoms with E-state index in [9.17, 15) is 14.7 Å². The summed E-state index contributed by atoms with van der Waals surface area (Å²) in [6, 6.07) is 12.9.